The summed E-state index contributed by atoms with van der Waals surface area (Å²) < 4.78 is 0. The first kappa shape index (κ1) is 10.8. The average Bonchev–Trinajstić information content (AvgIpc) is 2.81. The van der Waals surface area contributed by atoms with Gasteiger partial charge in [-0.1, -0.05) is 18.7 Å². The minimum atomic E-state index is -0.352. The van der Waals surface area contributed by atoms with Crippen molar-refractivity contribution >= 4 is 11.3 Å². The van der Waals surface area contributed by atoms with Crippen LogP contribution in [0.2, 0.25) is 0 Å². The molecule has 1 aromatic rings. The van der Waals surface area contributed by atoms with Gasteiger partial charge in [0.15, 0.2) is 0 Å². The van der Waals surface area contributed by atoms with E-state index in [0.717, 1.165) is 25.0 Å². The van der Waals surface area contributed by atoms with Gasteiger partial charge in [-0.05, 0) is 31.0 Å². The van der Waals surface area contributed by atoms with Crippen molar-refractivity contribution in [2.45, 2.75) is 18.9 Å². The first-order valence-corrected chi connectivity index (χ1v) is 5.36. The Balaban J connectivity index is 2.32. The fourth-order valence-corrected chi connectivity index (χ4v) is 2.07. The summed E-state index contributed by atoms with van der Waals surface area (Å²) >= 11 is 0. The highest BCUT2D eigenvalue weighted by molar-refractivity contribution is 5.74. The van der Waals surface area contributed by atoms with E-state index in [1.807, 2.05) is 6.07 Å². The number of para-hydroxylation sites is 1. The summed E-state index contributed by atoms with van der Waals surface area (Å²) in [6, 6.07) is 6.95. The van der Waals surface area contributed by atoms with Gasteiger partial charge >= 0.3 is 0 Å². The fraction of sp³-hybridized carbons (Fsp3) is 0.333. The van der Waals surface area contributed by atoms with Gasteiger partial charge in [0.2, 0.25) is 0 Å². The maximum atomic E-state index is 10.9. The lowest BCUT2D eigenvalue weighted by Crippen LogP contribution is -2.22. The van der Waals surface area contributed by atoms with Crippen LogP contribution in [0.25, 0.3) is 5.57 Å². The average molecular weight is 218 g/mol. The molecule has 84 valence electrons. The molecule has 1 aromatic carbocycles. The lowest BCUT2D eigenvalue weighted by Gasteiger charge is -2.13. The number of nitrogens with one attached hydrogen (secondary N) is 1. The van der Waals surface area contributed by atoms with Gasteiger partial charge in [0.1, 0.15) is 0 Å². The monoisotopic (exact) mass is 218 g/mol. The van der Waals surface area contributed by atoms with E-state index < -0.39 is 0 Å². The third-order valence-corrected chi connectivity index (χ3v) is 2.93. The van der Waals surface area contributed by atoms with Crippen LogP contribution in [0.15, 0.2) is 30.8 Å². The first-order chi connectivity index (χ1) is 7.70. The number of nitrogens with zero attached hydrogens (tertiary/aromatic N) is 1. The number of benzene rings is 1. The van der Waals surface area contributed by atoms with Crippen molar-refractivity contribution in [3.05, 3.63) is 46.5 Å². The first-order valence-electron chi connectivity index (χ1n) is 5.36. The van der Waals surface area contributed by atoms with Crippen molar-refractivity contribution in [2.24, 2.45) is 0 Å². The van der Waals surface area contributed by atoms with Crippen molar-refractivity contribution in [2.75, 3.05) is 6.54 Å². The molecule has 1 atom stereocenters. The molecular formula is C12H14N2O2. The third kappa shape index (κ3) is 1.97. The highest BCUT2D eigenvalue weighted by Gasteiger charge is 2.23. The largest absolute Gasteiger partial charge is 0.310 e. The maximum Gasteiger partial charge on any atom is 0.276 e. The molecule has 0 aromatic heterocycles. The van der Waals surface area contributed by atoms with Gasteiger partial charge in [0.25, 0.3) is 5.69 Å². The van der Waals surface area contributed by atoms with E-state index in [4.69, 9.17) is 0 Å². The van der Waals surface area contributed by atoms with E-state index in [9.17, 15) is 10.1 Å². The van der Waals surface area contributed by atoms with Crippen molar-refractivity contribution in [3.63, 3.8) is 0 Å². The van der Waals surface area contributed by atoms with Crippen LogP contribution in [0.5, 0.6) is 0 Å². The Kier molecular flexibility index (Phi) is 3.01. The quantitative estimate of drug-likeness (QED) is 0.626. The van der Waals surface area contributed by atoms with Crippen LogP contribution in [-0.4, -0.2) is 17.5 Å². The molecule has 1 N–H and O–H groups in total. The summed E-state index contributed by atoms with van der Waals surface area (Å²) in [6.07, 6.45) is 2.11. The van der Waals surface area contributed by atoms with Gasteiger partial charge in [0, 0.05) is 12.1 Å². The number of nitro benzene ring substituents is 1. The summed E-state index contributed by atoms with van der Waals surface area (Å²) in [5.41, 5.74) is 1.61. The van der Waals surface area contributed by atoms with Crippen LogP contribution in [0.3, 0.4) is 0 Å². The molecule has 1 aliphatic heterocycles. The van der Waals surface area contributed by atoms with Crippen LogP contribution in [0, 0.1) is 10.1 Å². The second-order valence-corrected chi connectivity index (χ2v) is 3.95. The normalized spacial score (nSPS) is 19.6. The smallest absolute Gasteiger partial charge is 0.276 e. The van der Waals surface area contributed by atoms with Gasteiger partial charge in [-0.3, -0.25) is 10.1 Å². The molecule has 1 aliphatic rings. The number of rotatable bonds is 3. The maximum absolute atomic E-state index is 10.9. The van der Waals surface area contributed by atoms with E-state index >= 15 is 0 Å². The van der Waals surface area contributed by atoms with Gasteiger partial charge < -0.3 is 5.32 Å². The van der Waals surface area contributed by atoms with Gasteiger partial charge in [-0.2, -0.15) is 0 Å². The molecule has 1 saturated heterocycles. The molecule has 0 spiro atoms. The van der Waals surface area contributed by atoms with Crippen LogP contribution in [0.1, 0.15) is 18.4 Å². The van der Waals surface area contributed by atoms with Crippen molar-refractivity contribution in [1.29, 1.82) is 0 Å². The molecule has 16 heavy (non-hydrogen) atoms. The third-order valence-electron chi connectivity index (χ3n) is 2.93. The van der Waals surface area contributed by atoms with E-state index in [2.05, 4.69) is 11.9 Å². The van der Waals surface area contributed by atoms with E-state index in [1.165, 1.54) is 6.07 Å². The molecule has 1 fully saturated rings. The minimum absolute atomic E-state index is 0.140. The Hall–Kier alpha value is -1.68. The molecule has 4 nitrogen and oxygen atoms in total. The SMILES string of the molecule is C=C(c1ccccc1[N+](=O)[O-])C1CCCN1. The molecule has 0 radical (unpaired) electrons. The Bertz CT molecular complexity index is 423. The van der Waals surface area contributed by atoms with E-state index in [0.29, 0.717) is 5.56 Å². The van der Waals surface area contributed by atoms with Crippen molar-refractivity contribution < 1.29 is 4.92 Å². The summed E-state index contributed by atoms with van der Waals surface area (Å²) in [5.74, 6) is 0. The zero-order valence-corrected chi connectivity index (χ0v) is 8.98. The number of hydrogen-bond acceptors (Lipinski definition) is 3. The van der Waals surface area contributed by atoms with Crippen molar-refractivity contribution in [1.82, 2.24) is 5.32 Å². The predicted octanol–water partition coefficient (Wildman–Crippen LogP) is 2.36. The second-order valence-electron chi connectivity index (χ2n) is 3.95. The fourth-order valence-electron chi connectivity index (χ4n) is 2.07. The molecule has 1 heterocycles. The van der Waals surface area contributed by atoms with Gasteiger partial charge in [-0.15, -0.1) is 0 Å². The van der Waals surface area contributed by atoms with E-state index in [-0.39, 0.29) is 16.7 Å². The second kappa shape index (κ2) is 4.45. The molecule has 2 rings (SSSR count). The zero-order chi connectivity index (χ0) is 11.5. The molecule has 1 unspecified atom stereocenters. The van der Waals surface area contributed by atoms with E-state index in [1.54, 1.807) is 12.1 Å². The number of nitro groups is 1. The Morgan fingerprint density at radius 2 is 2.25 bits per heavy atom. The predicted molar refractivity (Wildman–Crippen MR) is 63.2 cm³/mol. The molecule has 0 amide bonds. The van der Waals surface area contributed by atoms with Gasteiger partial charge in [0.05, 0.1) is 10.5 Å². The van der Waals surface area contributed by atoms with Crippen LogP contribution >= 0.6 is 0 Å². The van der Waals surface area contributed by atoms with Gasteiger partial charge in [-0.25, -0.2) is 0 Å². The van der Waals surface area contributed by atoms with Crippen LogP contribution in [0.4, 0.5) is 5.69 Å². The highest BCUT2D eigenvalue weighted by atomic mass is 16.6. The Morgan fingerprint density at radius 1 is 1.50 bits per heavy atom. The Labute approximate surface area is 94.1 Å². The lowest BCUT2D eigenvalue weighted by molar-refractivity contribution is -0.385. The van der Waals surface area contributed by atoms with Crippen LogP contribution in [-0.2, 0) is 0 Å². The molecule has 4 heteroatoms. The Morgan fingerprint density at radius 3 is 2.88 bits per heavy atom. The summed E-state index contributed by atoms with van der Waals surface area (Å²) in [7, 11) is 0. The molecular weight excluding hydrogens is 204 g/mol. The lowest BCUT2D eigenvalue weighted by atomic mass is 9.97. The molecule has 0 saturated carbocycles. The highest BCUT2D eigenvalue weighted by Crippen LogP contribution is 2.29. The standard InChI is InChI=1S/C12H14N2O2/c1-9(11-6-4-8-13-11)10-5-2-3-7-12(10)14(15)16/h2-3,5,7,11,13H,1,4,6,8H2. The van der Waals surface area contributed by atoms with Crippen molar-refractivity contribution in [3.8, 4) is 0 Å². The number of hydrogen-bond donors (Lipinski definition) is 1. The summed E-state index contributed by atoms with van der Waals surface area (Å²) in [6.45, 7) is 4.95. The van der Waals surface area contributed by atoms with Crippen LogP contribution < -0.4 is 5.32 Å². The summed E-state index contributed by atoms with van der Waals surface area (Å²) in [5, 5.41) is 14.2. The topological polar surface area (TPSA) is 55.2 Å². The molecule has 0 aliphatic carbocycles. The zero-order valence-electron chi connectivity index (χ0n) is 8.98. The molecule has 0 bridgehead atoms. The minimum Gasteiger partial charge on any atom is -0.310 e. The summed E-state index contributed by atoms with van der Waals surface area (Å²) in [4.78, 5) is 10.5.